The number of aryl methyl sites for hydroxylation is 2. The van der Waals surface area contributed by atoms with Crippen LogP contribution in [0.3, 0.4) is 0 Å². The predicted molar refractivity (Wildman–Crippen MR) is 95.7 cm³/mol. The maximum Gasteiger partial charge on any atom is 0.274 e. The summed E-state index contributed by atoms with van der Waals surface area (Å²) in [6.45, 7) is 5.93. The molecule has 0 spiro atoms. The summed E-state index contributed by atoms with van der Waals surface area (Å²) in [4.78, 5) is 12.7. The Morgan fingerprint density at radius 2 is 2.14 bits per heavy atom. The quantitative estimate of drug-likeness (QED) is 0.667. The zero-order valence-electron chi connectivity index (χ0n) is 15.7. The number of nitrogens with zero attached hydrogens (tertiary/aromatic N) is 3. The number of carbonyl (C=O) groups excluding carboxylic acids is 1. The van der Waals surface area contributed by atoms with Gasteiger partial charge in [-0.2, -0.15) is 5.10 Å². The Labute approximate surface area is 160 Å². The molecule has 2 aromatic heterocycles. The van der Waals surface area contributed by atoms with Gasteiger partial charge < -0.3 is 14.6 Å². The van der Waals surface area contributed by atoms with Crippen molar-refractivity contribution in [3.63, 3.8) is 0 Å². The highest BCUT2D eigenvalue weighted by molar-refractivity contribution is 5.94. The van der Waals surface area contributed by atoms with Crippen molar-refractivity contribution >= 4 is 5.91 Å². The number of rotatable bonds is 7. The molecule has 148 valence electrons. The van der Waals surface area contributed by atoms with Crippen LogP contribution in [0.2, 0.25) is 0 Å². The monoisotopic (exact) mass is 390 g/mol. The van der Waals surface area contributed by atoms with E-state index in [-0.39, 0.29) is 24.1 Å². The molecule has 1 unspecified atom stereocenters. The van der Waals surface area contributed by atoms with Gasteiger partial charge in [0.2, 0.25) is 0 Å². The van der Waals surface area contributed by atoms with E-state index in [1.54, 1.807) is 17.8 Å². The Morgan fingerprint density at radius 1 is 1.36 bits per heavy atom. The summed E-state index contributed by atoms with van der Waals surface area (Å²) in [6, 6.07) is 4.51. The van der Waals surface area contributed by atoms with E-state index < -0.39 is 17.5 Å². The fraction of sp³-hybridized carbons (Fsp3) is 0.316. The smallest absolute Gasteiger partial charge is 0.274 e. The highest BCUT2D eigenvalue weighted by Gasteiger charge is 2.23. The number of amides is 1. The highest BCUT2D eigenvalue weighted by Crippen LogP contribution is 2.22. The van der Waals surface area contributed by atoms with Crippen molar-refractivity contribution in [2.75, 3.05) is 0 Å². The number of aromatic nitrogens is 3. The maximum atomic E-state index is 13.7. The molecule has 3 rings (SSSR count). The van der Waals surface area contributed by atoms with Gasteiger partial charge in [0.05, 0.1) is 17.3 Å². The number of nitrogens with one attached hydrogen (secondary N) is 1. The van der Waals surface area contributed by atoms with Crippen molar-refractivity contribution in [1.29, 1.82) is 0 Å². The first-order valence-corrected chi connectivity index (χ1v) is 8.76. The number of hydrogen-bond acceptors (Lipinski definition) is 5. The van der Waals surface area contributed by atoms with E-state index in [4.69, 9.17) is 9.26 Å². The normalized spacial score (nSPS) is 12.0. The molecule has 3 aromatic rings. The number of halogens is 2. The first-order chi connectivity index (χ1) is 13.4. The van der Waals surface area contributed by atoms with Gasteiger partial charge in [-0.15, -0.1) is 0 Å². The summed E-state index contributed by atoms with van der Waals surface area (Å²) in [6.07, 6.45) is 1.66. The molecule has 0 bridgehead atoms. The van der Waals surface area contributed by atoms with Gasteiger partial charge in [0, 0.05) is 18.8 Å². The van der Waals surface area contributed by atoms with E-state index in [1.165, 1.54) is 6.07 Å². The molecule has 7 nitrogen and oxygen atoms in total. The lowest BCUT2D eigenvalue weighted by Gasteiger charge is -2.15. The van der Waals surface area contributed by atoms with Crippen molar-refractivity contribution in [2.24, 2.45) is 0 Å². The van der Waals surface area contributed by atoms with Crippen LogP contribution >= 0.6 is 0 Å². The second-order valence-electron chi connectivity index (χ2n) is 6.20. The summed E-state index contributed by atoms with van der Waals surface area (Å²) < 4.78 is 39.0. The maximum absolute atomic E-state index is 13.7. The Kier molecular flexibility index (Phi) is 5.72. The number of ether oxygens (including phenoxy) is 1. The van der Waals surface area contributed by atoms with Crippen molar-refractivity contribution < 1.29 is 22.8 Å². The molecule has 1 atom stereocenters. The number of carbonyl (C=O) groups is 1. The first kappa shape index (κ1) is 19.5. The average molecular weight is 390 g/mol. The van der Waals surface area contributed by atoms with Crippen LogP contribution in [-0.2, 0) is 13.2 Å². The lowest BCUT2D eigenvalue weighted by atomic mass is 10.1. The minimum absolute atomic E-state index is 0.0504. The van der Waals surface area contributed by atoms with Crippen LogP contribution < -0.4 is 10.1 Å². The summed E-state index contributed by atoms with van der Waals surface area (Å²) in [5, 5.41) is 10.8. The van der Waals surface area contributed by atoms with Gasteiger partial charge in [-0.05, 0) is 39.0 Å². The zero-order valence-corrected chi connectivity index (χ0v) is 15.7. The third-order valence-electron chi connectivity index (χ3n) is 4.31. The highest BCUT2D eigenvalue weighted by atomic mass is 19.1. The summed E-state index contributed by atoms with van der Waals surface area (Å²) in [5.74, 6) is -1.74. The van der Waals surface area contributed by atoms with Gasteiger partial charge in [0.15, 0.2) is 17.3 Å². The molecule has 1 amide bonds. The van der Waals surface area contributed by atoms with Crippen LogP contribution in [0, 0.1) is 18.6 Å². The summed E-state index contributed by atoms with van der Waals surface area (Å²) >= 11 is 0. The lowest BCUT2D eigenvalue weighted by molar-refractivity contribution is 0.0927. The Morgan fingerprint density at radius 3 is 2.86 bits per heavy atom. The predicted octanol–water partition coefficient (Wildman–Crippen LogP) is 3.55. The molecule has 0 aliphatic carbocycles. The molecule has 0 saturated heterocycles. The van der Waals surface area contributed by atoms with E-state index in [9.17, 15) is 13.6 Å². The number of benzene rings is 1. The van der Waals surface area contributed by atoms with E-state index in [0.29, 0.717) is 17.9 Å². The van der Waals surface area contributed by atoms with E-state index in [0.717, 1.165) is 17.8 Å². The van der Waals surface area contributed by atoms with Crippen LogP contribution in [0.15, 0.2) is 35.0 Å². The molecular formula is C19H20F2N4O3. The fourth-order valence-corrected chi connectivity index (χ4v) is 2.80. The van der Waals surface area contributed by atoms with Crippen LogP contribution in [-0.4, -0.2) is 20.8 Å². The Bertz CT molecular complexity index is 983. The average Bonchev–Trinajstić information content (AvgIpc) is 3.27. The van der Waals surface area contributed by atoms with Gasteiger partial charge in [-0.25, -0.2) is 8.78 Å². The zero-order chi connectivity index (χ0) is 20.3. The third-order valence-corrected chi connectivity index (χ3v) is 4.31. The Hall–Kier alpha value is -3.23. The molecule has 0 radical (unpaired) electrons. The molecule has 0 aliphatic rings. The molecule has 0 saturated carbocycles. The molecule has 28 heavy (non-hydrogen) atoms. The molecule has 9 heteroatoms. The van der Waals surface area contributed by atoms with E-state index in [2.05, 4.69) is 15.6 Å². The number of hydrogen-bond donors (Lipinski definition) is 1. The minimum atomic E-state index is -0.832. The first-order valence-electron chi connectivity index (χ1n) is 8.76. The molecule has 0 fully saturated rings. The van der Waals surface area contributed by atoms with E-state index >= 15 is 0 Å². The van der Waals surface area contributed by atoms with Crippen molar-refractivity contribution in [3.8, 4) is 5.75 Å². The van der Waals surface area contributed by atoms with Crippen LogP contribution in [0.5, 0.6) is 5.75 Å². The second-order valence-corrected chi connectivity index (χ2v) is 6.20. The second kappa shape index (κ2) is 8.20. The van der Waals surface area contributed by atoms with E-state index in [1.807, 2.05) is 19.9 Å². The molecule has 1 aromatic carbocycles. The van der Waals surface area contributed by atoms with Gasteiger partial charge in [-0.1, -0.05) is 5.16 Å². The SMILES string of the molecule is CCn1nccc1C(C)NC(=O)c1noc(C)c1COc1ccc(F)cc1F. The Balaban J connectivity index is 1.73. The third kappa shape index (κ3) is 4.03. The molecule has 0 aliphatic heterocycles. The van der Waals surface area contributed by atoms with Crippen molar-refractivity contribution in [1.82, 2.24) is 20.3 Å². The largest absolute Gasteiger partial charge is 0.486 e. The standard InChI is InChI=1S/C19H20F2N4O3/c1-4-25-16(7-8-22-25)11(2)23-19(26)18-14(12(3)28-24-18)10-27-17-6-5-13(20)9-15(17)21/h5-9,11H,4,10H2,1-3H3,(H,23,26). The van der Waals surface area contributed by atoms with Crippen LogP contribution in [0.4, 0.5) is 8.78 Å². The van der Waals surface area contributed by atoms with Gasteiger partial charge in [0.25, 0.3) is 5.91 Å². The van der Waals surface area contributed by atoms with Gasteiger partial charge in [0.1, 0.15) is 18.2 Å². The summed E-state index contributed by atoms with van der Waals surface area (Å²) in [7, 11) is 0. The van der Waals surface area contributed by atoms with Crippen LogP contribution in [0.1, 0.15) is 47.4 Å². The topological polar surface area (TPSA) is 82.2 Å². The van der Waals surface area contributed by atoms with Crippen molar-refractivity contribution in [2.45, 2.75) is 40.0 Å². The fourth-order valence-electron chi connectivity index (χ4n) is 2.80. The lowest BCUT2D eigenvalue weighted by Crippen LogP contribution is -2.29. The molecular weight excluding hydrogens is 370 g/mol. The minimum Gasteiger partial charge on any atom is -0.486 e. The van der Waals surface area contributed by atoms with Gasteiger partial charge >= 0.3 is 0 Å². The van der Waals surface area contributed by atoms with Gasteiger partial charge in [-0.3, -0.25) is 9.48 Å². The summed E-state index contributed by atoms with van der Waals surface area (Å²) in [5.41, 5.74) is 1.29. The van der Waals surface area contributed by atoms with Crippen LogP contribution in [0.25, 0.3) is 0 Å². The molecule has 2 heterocycles. The van der Waals surface area contributed by atoms with Crippen molar-refractivity contribution in [3.05, 3.63) is 64.8 Å². The molecule has 1 N–H and O–H groups in total.